The molecule has 6 nitrogen and oxygen atoms in total. The Hall–Kier alpha value is -2.89. The van der Waals surface area contributed by atoms with Gasteiger partial charge in [-0.3, -0.25) is 9.78 Å². The minimum atomic E-state index is -0.257. The maximum Gasteiger partial charge on any atom is 0.260 e. The van der Waals surface area contributed by atoms with Gasteiger partial charge in [0.15, 0.2) is 0 Å². The quantitative estimate of drug-likeness (QED) is 0.596. The largest absolute Gasteiger partial charge is 0.369 e. The van der Waals surface area contributed by atoms with Crippen LogP contribution in [0.1, 0.15) is 16.7 Å². The monoisotopic (exact) mass is 381 g/mol. The van der Waals surface area contributed by atoms with E-state index >= 15 is 0 Å². The third-order valence-electron chi connectivity index (χ3n) is 3.68. The fourth-order valence-electron chi connectivity index (χ4n) is 2.36. The second kappa shape index (κ2) is 7.99. The SMILES string of the molecule is N#Cc1ccc(CSC(=S)NCc2ccc3nc(N)[nH]c(=O)c3c2)cc1. The number of H-pyrrole nitrogens is 1. The highest BCUT2D eigenvalue weighted by molar-refractivity contribution is 8.22. The van der Waals surface area contributed by atoms with Crippen molar-refractivity contribution in [2.45, 2.75) is 12.3 Å². The summed E-state index contributed by atoms with van der Waals surface area (Å²) in [5.41, 5.74) is 8.51. The lowest BCUT2D eigenvalue weighted by Crippen LogP contribution is -2.18. The molecule has 0 saturated heterocycles. The van der Waals surface area contributed by atoms with Crippen molar-refractivity contribution in [3.05, 3.63) is 69.5 Å². The lowest BCUT2D eigenvalue weighted by atomic mass is 10.1. The van der Waals surface area contributed by atoms with Gasteiger partial charge in [0.1, 0.15) is 4.32 Å². The molecule has 0 radical (unpaired) electrons. The van der Waals surface area contributed by atoms with Crippen molar-refractivity contribution in [1.29, 1.82) is 5.26 Å². The van der Waals surface area contributed by atoms with Crippen LogP contribution in [0.2, 0.25) is 0 Å². The molecule has 1 heterocycles. The van der Waals surface area contributed by atoms with Crippen LogP contribution >= 0.6 is 24.0 Å². The summed E-state index contributed by atoms with van der Waals surface area (Å²) in [4.78, 5) is 18.5. The normalized spacial score (nSPS) is 10.4. The highest BCUT2D eigenvalue weighted by atomic mass is 32.2. The van der Waals surface area contributed by atoms with E-state index in [0.29, 0.717) is 27.3 Å². The summed E-state index contributed by atoms with van der Waals surface area (Å²) in [5.74, 6) is 0.826. The molecule has 0 bridgehead atoms. The minimum Gasteiger partial charge on any atom is -0.369 e. The standard InChI is InChI=1S/C18H15N5OS2/c19-8-11-1-3-12(4-2-11)10-26-18(25)21-9-13-5-6-15-14(7-13)16(24)23-17(20)22-15/h1-7H,9-10H2,(H,21,25)(H3,20,22,23,24). The summed E-state index contributed by atoms with van der Waals surface area (Å²) in [7, 11) is 0. The zero-order valence-electron chi connectivity index (χ0n) is 13.7. The van der Waals surface area contributed by atoms with Crippen molar-refractivity contribution >= 4 is 45.2 Å². The van der Waals surface area contributed by atoms with Crippen LogP contribution < -0.4 is 16.6 Å². The predicted molar refractivity (Wildman–Crippen MR) is 109 cm³/mol. The number of hydrogen-bond donors (Lipinski definition) is 3. The van der Waals surface area contributed by atoms with Crippen molar-refractivity contribution in [2.75, 3.05) is 5.73 Å². The lowest BCUT2D eigenvalue weighted by molar-refractivity contribution is 0.941. The number of thioether (sulfide) groups is 1. The molecule has 0 saturated carbocycles. The zero-order chi connectivity index (χ0) is 18.5. The minimum absolute atomic E-state index is 0.105. The first kappa shape index (κ1) is 17.9. The van der Waals surface area contributed by atoms with E-state index in [9.17, 15) is 4.79 Å². The highest BCUT2D eigenvalue weighted by Crippen LogP contribution is 2.15. The van der Waals surface area contributed by atoms with E-state index in [1.165, 1.54) is 11.8 Å². The third kappa shape index (κ3) is 4.39. The smallest absolute Gasteiger partial charge is 0.260 e. The Morgan fingerprint density at radius 3 is 2.73 bits per heavy atom. The Balaban J connectivity index is 1.58. The van der Waals surface area contributed by atoms with Crippen molar-refractivity contribution in [1.82, 2.24) is 15.3 Å². The predicted octanol–water partition coefficient (Wildman–Crippen LogP) is 2.68. The Labute approximate surface area is 159 Å². The number of fused-ring (bicyclic) bond motifs is 1. The van der Waals surface area contributed by atoms with Crippen LogP contribution in [0.15, 0.2) is 47.3 Å². The van der Waals surface area contributed by atoms with E-state index in [0.717, 1.165) is 16.9 Å². The van der Waals surface area contributed by atoms with Gasteiger partial charge >= 0.3 is 0 Å². The maximum atomic E-state index is 11.9. The number of thiocarbonyl (C=S) groups is 1. The summed E-state index contributed by atoms with van der Waals surface area (Å²) in [6.45, 7) is 0.513. The molecular weight excluding hydrogens is 366 g/mol. The fraction of sp³-hybridized carbons (Fsp3) is 0.111. The number of nitrogens with zero attached hydrogens (tertiary/aromatic N) is 2. The van der Waals surface area contributed by atoms with Crippen LogP contribution in [0, 0.1) is 11.3 Å². The summed E-state index contributed by atoms with van der Waals surface area (Å²) in [5, 5.41) is 12.5. The van der Waals surface area contributed by atoms with Crippen molar-refractivity contribution in [3.63, 3.8) is 0 Å². The molecule has 0 aliphatic heterocycles. The van der Waals surface area contributed by atoms with E-state index in [-0.39, 0.29) is 11.5 Å². The average Bonchev–Trinajstić information content (AvgIpc) is 2.65. The van der Waals surface area contributed by atoms with Crippen molar-refractivity contribution in [3.8, 4) is 6.07 Å². The van der Waals surface area contributed by atoms with E-state index in [2.05, 4.69) is 21.4 Å². The van der Waals surface area contributed by atoms with E-state index in [1.807, 2.05) is 18.2 Å². The number of nitrogens with one attached hydrogen (secondary N) is 2. The highest BCUT2D eigenvalue weighted by Gasteiger charge is 2.05. The topological polar surface area (TPSA) is 108 Å². The average molecular weight is 381 g/mol. The Bertz CT molecular complexity index is 1050. The van der Waals surface area contributed by atoms with Crippen LogP contribution in [0.4, 0.5) is 5.95 Å². The molecule has 130 valence electrons. The molecule has 26 heavy (non-hydrogen) atoms. The van der Waals surface area contributed by atoms with Gasteiger partial charge in [0.05, 0.1) is 22.5 Å². The number of nitrogens with two attached hydrogens (primary N) is 1. The van der Waals surface area contributed by atoms with Gasteiger partial charge < -0.3 is 11.1 Å². The number of hydrogen-bond acceptors (Lipinski definition) is 6. The first-order valence-electron chi connectivity index (χ1n) is 7.73. The van der Waals surface area contributed by atoms with Crippen molar-refractivity contribution in [2.24, 2.45) is 0 Å². The molecule has 1 aromatic heterocycles. The van der Waals surface area contributed by atoms with Crippen LogP contribution in [0.25, 0.3) is 10.9 Å². The summed E-state index contributed by atoms with van der Waals surface area (Å²) < 4.78 is 0.666. The maximum absolute atomic E-state index is 11.9. The van der Waals surface area contributed by atoms with Gasteiger partial charge in [-0.25, -0.2) is 4.98 Å². The first-order chi connectivity index (χ1) is 12.5. The Kier molecular flexibility index (Phi) is 5.51. The molecule has 0 aliphatic rings. The Morgan fingerprint density at radius 2 is 2.00 bits per heavy atom. The molecule has 3 rings (SSSR count). The van der Waals surface area contributed by atoms with Gasteiger partial charge in [-0.2, -0.15) is 5.26 Å². The summed E-state index contributed by atoms with van der Waals surface area (Å²) in [6.07, 6.45) is 0. The van der Waals surface area contributed by atoms with E-state index < -0.39 is 0 Å². The van der Waals surface area contributed by atoms with Crippen LogP contribution in [-0.2, 0) is 12.3 Å². The van der Waals surface area contributed by atoms with Gasteiger partial charge in [0.25, 0.3) is 5.56 Å². The molecule has 3 aromatic rings. The van der Waals surface area contributed by atoms with Crippen LogP contribution in [0.3, 0.4) is 0 Å². The second-order valence-electron chi connectivity index (χ2n) is 5.54. The number of aromatic amines is 1. The summed E-state index contributed by atoms with van der Waals surface area (Å²) >= 11 is 6.85. The molecule has 8 heteroatoms. The molecule has 0 atom stereocenters. The number of aromatic nitrogens is 2. The molecule has 0 aliphatic carbocycles. The fourth-order valence-corrected chi connectivity index (χ4v) is 3.28. The molecule has 0 spiro atoms. The number of nitrogen functional groups attached to an aromatic ring is 1. The Morgan fingerprint density at radius 1 is 1.27 bits per heavy atom. The van der Waals surface area contributed by atoms with E-state index in [1.54, 1.807) is 24.3 Å². The third-order valence-corrected chi connectivity index (χ3v) is 5.06. The molecule has 4 N–H and O–H groups in total. The zero-order valence-corrected chi connectivity index (χ0v) is 15.3. The van der Waals surface area contributed by atoms with Gasteiger partial charge in [0.2, 0.25) is 5.95 Å². The number of anilines is 1. The molecule has 0 amide bonds. The number of nitriles is 1. The second-order valence-corrected chi connectivity index (χ2v) is 7.19. The molecular formula is C18H15N5OS2. The summed E-state index contributed by atoms with van der Waals surface area (Å²) in [6, 6.07) is 14.9. The van der Waals surface area contributed by atoms with Gasteiger partial charge in [-0.05, 0) is 35.4 Å². The van der Waals surface area contributed by atoms with Gasteiger partial charge in [-0.1, -0.05) is 42.2 Å². The lowest BCUT2D eigenvalue weighted by Gasteiger charge is -2.08. The molecule has 0 unspecified atom stereocenters. The molecule has 2 aromatic carbocycles. The number of rotatable bonds is 4. The van der Waals surface area contributed by atoms with Gasteiger partial charge in [-0.15, -0.1) is 0 Å². The van der Waals surface area contributed by atoms with Crippen LogP contribution in [-0.4, -0.2) is 14.3 Å². The van der Waals surface area contributed by atoms with Gasteiger partial charge in [0, 0.05) is 12.3 Å². The van der Waals surface area contributed by atoms with Crippen LogP contribution in [0.5, 0.6) is 0 Å². The van der Waals surface area contributed by atoms with E-state index in [4.69, 9.17) is 23.2 Å². The first-order valence-corrected chi connectivity index (χ1v) is 9.12. The van der Waals surface area contributed by atoms with Crippen molar-refractivity contribution < 1.29 is 0 Å². The number of benzene rings is 2. The molecule has 0 fully saturated rings.